The van der Waals surface area contributed by atoms with Crippen molar-refractivity contribution in [2.75, 3.05) is 51.3 Å². The van der Waals surface area contributed by atoms with Gasteiger partial charge in [0.05, 0.1) is 21.8 Å². The second-order valence-electron chi connectivity index (χ2n) is 18.8. The maximum absolute atomic E-state index is 12.5. The molecule has 0 atom stereocenters. The average Bonchev–Trinajstić information content (AvgIpc) is 3.71. The molecule has 0 unspecified atom stereocenters. The third kappa shape index (κ3) is 9.44. The maximum Gasteiger partial charge on any atom is 0.257 e. The van der Waals surface area contributed by atoms with Gasteiger partial charge in [-0.1, -0.05) is 18.2 Å². The molecule has 3 aromatic carbocycles. The van der Waals surface area contributed by atoms with Gasteiger partial charge >= 0.3 is 0 Å². The Balaban J connectivity index is 0.000000153. The minimum atomic E-state index is -0.535. The van der Waals surface area contributed by atoms with E-state index in [-0.39, 0.29) is 35.4 Å². The van der Waals surface area contributed by atoms with Crippen molar-refractivity contribution in [1.29, 1.82) is 0 Å². The number of hydrogen-bond donors (Lipinski definition) is 3. The number of benzene rings is 3. The Labute approximate surface area is 402 Å². The second kappa shape index (κ2) is 18.9. The zero-order valence-corrected chi connectivity index (χ0v) is 40.8. The number of pyridine rings is 3. The molecular weight excluding hydrogens is 871 g/mol. The molecule has 6 amide bonds. The van der Waals surface area contributed by atoms with E-state index >= 15 is 0 Å². The van der Waals surface area contributed by atoms with E-state index in [1.807, 2.05) is 117 Å². The first kappa shape index (κ1) is 48.9. The summed E-state index contributed by atoms with van der Waals surface area (Å²) in [6.45, 7) is 17.8. The highest BCUT2D eigenvalue weighted by molar-refractivity contribution is 6.12. The Morgan fingerprint density at radius 2 is 0.957 bits per heavy atom. The standard InChI is InChI=1S/3C18H19N3O2/c1-11-9-12(7-8-19-11)16(22)20-13-5-6-14-15(10-13)21(4)17(23)18(14,2)3;1-11-7-8-19-10-13(11)16(22)20-12-5-6-14-15(9-12)21(4)17(23)18(14,2)3;1-4-21-15-11-13(5-6-14(15)18(2,3)17(21)23)20-16(22)12-7-9-19-10-8-12/h2*5-10H,1-4H3,(H,20,22);5-11H,4H2,1-3H3,(H,20,22). The summed E-state index contributed by atoms with van der Waals surface area (Å²) in [5.74, 6) is -0.394. The molecule has 6 heterocycles. The highest BCUT2D eigenvalue weighted by Gasteiger charge is 2.44. The van der Waals surface area contributed by atoms with Crippen LogP contribution in [0, 0.1) is 13.8 Å². The molecular formula is C54H57N9O6. The maximum atomic E-state index is 12.5. The van der Waals surface area contributed by atoms with Crippen LogP contribution in [0.5, 0.6) is 0 Å². The Morgan fingerprint density at radius 3 is 1.45 bits per heavy atom. The van der Waals surface area contributed by atoms with Gasteiger partial charge in [-0.05, 0) is 151 Å². The monoisotopic (exact) mass is 927 g/mol. The number of rotatable bonds is 7. The van der Waals surface area contributed by atoms with Crippen LogP contribution in [0.15, 0.2) is 116 Å². The minimum Gasteiger partial charge on any atom is -0.322 e. The molecule has 3 aromatic heterocycles. The molecule has 6 aromatic rings. The van der Waals surface area contributed by atoms with Crippen LogP contribution >= 0.6 is 0 Å². The lowest BCUT2D eigenvalue weighted by molar-refractivity contribution is -0.122. The third-order valence-electron chi connectivity index (χ3n) is 13.0. The predicted molar refractivity (Wildman–Crippen MR) is 269 cm³/mol. The quantitative estimate of drug-likeness (QED) is 0.141. The summed E-state index contributed by atoms with van der Waals surface area (Å²) in [4.78, 5) is 91.1. The van der Waals surface area contributed by atoms with E-state index in [9.17, 15) is 28.8 Å². The molecule has 0 saturated carbocycles. The molecule has 15 heteroatoms. The number of carbonyl (C=O) groups is 6. The zero-order chi connectivity index (χ0) is 50.2. The van der Waals surface area contributed by atoms with Crippen LogP contribution in [-0.4, -0.2) is 71.0 Å². The van der Waals surface area contributed by atoms with Crippen molar-refractivity contribution in [1.82, 2.24) is 15.0 Å². The van der Waals surface area contributed by atoms with Crippen molar-refractivity contribution in [2.45, 2.75) is 78.6 Å². The van der Waals surface area contributed by atoms with Crippen LogP contribution in [0.1, 0.15) is 107 Å². The van der Waals surface area contributed by atoms with Crippen molar-refractivity contribution in [3.63, 3.8) is 0 Å². The van der Waals surface area contributed by atoms with Crippen LogP contribution < -0.4 is 30.7 Å². The summed E-state index contributed by atoms with van der Waals surface area (Å²) in [7, 11) is 3.51. The summed E-state index contributed by atoms with van der Waals surface area (Å²) >= 11 is 0. The molecule has 15 nitrogen and oxygen atoms in total. The number of fused-ring (bicyclic) bond motifs is 3. The lowest BCUT2D eigenvalue weighted by Gasteiger charge is -2.18. The highest BCUT2D eigenvalue weighted by Crippen LogP contribution is 2.44. The van der Waals surface area contributed by atoms with Crippen LogP contribution in [0.4, 0.5) is 34.1 Å². The summed E-state index contributed by atoms with van der Waals surface area (Å²) in [6.07, 6.45) is 7.98. The lowest BCUT2D eigenvalue weighted by atomic mass is 9.86. The molecule has 3 aliphatic heterocycles. The number of aryl methyl sites for hydroxylation is 2. The largest absolute Gasteiger partial charge is 0.322 e. The van der Waals surface area contributed by atoms with E-state index in [0.717, 1.165) is 45.0 Å². The van der Waals surface area contributed by atoms with Gasteiger partial charge < -0.3 is 30.7 Å². The van der Waals surface area contributed by atoms with Crippen molar-refractivity contribution in [2.24, 2.45) is 0 Å². The predicted octanol–water partition coefficient (Wildman–Crippen LogP) is 8.77. The van der Waals surface area contributed by atoms with E-state index in [1.165, 1.54) is 0 Å². The molecule has 3 N–H and O–H groups in total. The first-order valence-electron chi connectivity index (χ1n) is 22.6. The fourth-order valence-corrected chi connectivity index (χ4v) is 8.85. The Hall–Kier alpha value is -8.07. The zero-order valence-electron chi connectivity index (χ0n) is 40.8. The molecule has 0 bridgehead atoms. The number of carbonyl (C=O) groups excluding carboxylic acids is 6. The Morgan fingerprint density at radius 1 is 0.522 bits per heavy atom. The second-order valence-corrected chi connectivity index (χ2v) is 18.8. The van der Waals surface area contributed by atoms with Gasteiger partial charge in [0, 0.05) is 103 Å². The summed E-state index contributed by atoms with van der Waals surface area (Å²) in [6, 6.07) is 25.3. The van der Waals surface area contributed by atoms with Crippen LogP contribution in [0.25, 0.3) is 0 Å². The fraction of sp³-hybridized carbons (Fsp3) is 0.278. The Kier molecular flexibility index (Phi) is 13.4. The molecule has 0 spiro atoms. The van der Waals surface area contributed by atoms with Crippen molar-refractivity contribution >= 4 is 69.6 Å². The smallest absolute Gasteiger partial charge is 0.257 e. The van der Waals surface area contributed by atoms with Crippen molar-refractivity contribution in [3.8, 4) is 0 Å². The van der Waals surface area contributed by atoms with E-state index in [2.05, 4.69) is 30.9 Å². The van der Waals surface area contributed by atoms with Gasteiger partial charge in [0.15, 0.2) is 0 Å². The number of aromatic nitrogens is 3. The summed E-state index contributed by atoms with van der Waals surface area (Å²) in [5, 5.41) is 8.62. The minimum absolute atomic E-state index is 0.0547. The van der Waals surface area contributed by atoms with Gasteiger partial charge in [0.1, 0.15) is 0 Å². The molecule has 69 heavy (non-hydrogen) atoms. The number of nitrogens with one attached hydrogen (secondary N) is 3. The van der Waals surface area contributed by atoms with Crippen molar-refractivity contribution < 1.29 is 28.8 Å². The number of anilines is 6. The first-order valence-corrected chi connectivity index (χ1v) is 22.6. The highest BCUT2D eigenvalue weighted by atomic mass is 16.2. The molecule has 354 valence electrons. The number of hydrogen-bond acceptors (Lipinski definition) is 9. The van der Waals surface area contributed by atoms with Gasteiger partial charge in [-0.3, -0.25) is 43.7 Å². The van der Waals surface area contributed by atoms with Gasteiger partial charge in [-0.25, -0.2) is 0 Å². The summed E-state index contributed by atoms with van der Waals surface area (Å²) in [5.41, 5.74) is 9.19. The van der Waals surface area contributed by atoms with Gasteiger partial charge in [0.2, 0.25) is 17.7 Å². The van der Waals surface area contributed by atoms with Gasteiger partial charge in [-0.15, -0.1) is 0 Å². The number of nitrogens with zero attached hydrogens (tertiary/aromatic N) is 6. The van der Waals surface area contributed by atoms with Crippen LogP contribution in [0.3, 0.4) is 0 Å². The summed E-state index contributed by atoms with van der Waals surface area (Å²) < 4.78 is 0. The number of likely N-dealkylation sites (N-methyl/N-ethyl adjacent to an activating group) is 3. The van der Waals surface area contributed by atoms with E-state index < -0.39 is 16.2 Å². The molecule has 0 saturated heterocycles. The van der Waals surface area contributed by atoms with Gasteiger partial charge in [-0.2, -0.15) is 0 Å². The molecule has 0 radical (unpaired) electrons. The third-order valence-corrected chi connectivity index (χ3v) is 13.0. The normalized spacial score (nSPS) is 15.5. The van der Waals surface area contributed by atoms with Crippen molar-refractivity contribution in [3.05, 3.63) is 161 Å². The first-order chi connectivity index (χ1) is 32.6. The fourth-order valence-electron chi connectivity index (χ4n) is 8.85. The number of amides is 6. The van der Waals surface area contributed by atoms with Crippen LogP contribution in [0.2, 0.25) is 0 Å². The molecule has 0 fully saturated rings. The van der Waals surface area contributed by atoms with Crippen LogP contribution in [-0.2, 0) is 30.6 Å². The van der Waals surface area contributed by atoms with Gasteiger partial charge in [0.25, 0.3) is 17.7 Å². The topological polar surface area (TPSA) is 187 Å². The van der Waals surface area contributed by atoms with E-state index in [4.69, 9.17) is 0 Å². The molecule has 0 aliphatic carbocycles. The Bertz CT molecular complexity index is 3040. The lowest BCUT2D eigenvalue weighted by Crippen LogP contribution is -2.35. The SMILES string of the molecule is CCN1C(=O)C(C)(C)c2ccc(NC(=O)c3ccncc3)cc21.Cc1cc(C(=O)Nc2ccc3c(c2)N(C)C(=O)C3(C)C)ccn1.Cc1ccncc1C(=O)Nc1ccc2c(c1)N(C)C(=O)C2(C)C. The molecule has 9 rings (SSSR count). The average molecular weight is 928 g/mol. The van der Waals surface area contributed by atoms with E-state index in [1.54, 1.807) is 90.1 Å². The van der Waals surface area contributed by atoms with E-state index in [0.29, 0.717) is 40.3 Å². The molecule has 3 aliphatic rings.